The number of nitro groups is 1. The van der Waals surface area contributed by atoms with Gasteiger partial charge < -0.3 is 0 Å². The Kier molecular flexibility index (Phi) is 3.74. The molecule has 0 aliphatic rings. The van der Waals surface area contributed by atoms with Crippen LogP contribution in [0.15, 0.2) is 65.9 Å². The first-order valence-corrected chi connectivity index (χ1v) is 6.61. The van der Waals surface area contributed by atoms with Crippen LogP contribution in [0.2, 0.25) is 0 Å². The fraction of sp³-hybridized carbons (Fsp3) is 0. The van der Waals surface area contributed by atoms with Crippen LogP contribution in [0, 0.1) is 10.1 Å². The number of rotatable bonds is 4. The fourth-order valence-corrected chi connectivity index (χ4v) is 2.04. The summed E-state index contributed by atoms with van der Waals surface area (Å²) >= 11 is 0. The lowest BCUT2D eigenvalue weighted by Crippen LogP contribution is -1.93. The number of nitrogens with zero attached hydrogens (tertiary/aromatic N) is 3. The molecule has 1 aromatic heterocycles. The Labute approximate surface area is 126 Å². The maximum absolute atomic E-state index is 10.7. The van der Waals surface area contributed by atoms with Crippen LogP contribution in [-0.4, -0.2) is 16.1 Å². The van der Waals surface area contributed by atoms with Gasteiger partial charge in [-0.25, -0.2) is 0 Å². The minimum atomic E-state index is -0.439. The molecule has 108 valence electrons. The Bertz CT molecular complexity index is 861. The average Bonchev–Trinajstić information content (AvgIpc) is 2.55. The minimum Gasteiger partial charge on any atom is -0.278 e. The molecule has 0 spiro atoms. The zero-order valence-corrected chi connectivity index (χ0v) is 11.5. The van der Waals surface area contributed by atoms with Crippen molar-refractivity contribution in [3.63, 3.8) is 0 Å². The van der Waals surface area contributed by atoms with Crippen LogP contribution in [0.1, 0.15) is 5.56 Å². The quantitative estimate of drug-likeness (QED) is 0.452. The van der Waals surface area contributed by atoms with Crippen LogP contribution in [0.4, 0.5) is 11.4 Å². The second-order valence-corrected chi connectivity index (χ2v) is 4.63. The maximum Gasteiger partial charge on any atom is 0.271 e. The summed E-state index contributed by atoms with van der Waals surface area (Å²) in [6.07, 6.45) is 3.41. The van der Waals surface area contributed by atoms with Gasteiger partial charge in [-0.15, -0.1) is 0 Å². The predicted molar refractivity (Wildman–Crippen MR) is 86.1 cm³/mol. The van der Waals surface area contributed by atoms with E-state index in [0.29, 0.717) is 5.69 Å². The Balaban J connectivity index is 1.75. The highest BCUT2D eigenvalue weighted by atomic mass is 16.6. The van der Waals surface area contributed by atoms with Crippen LogP contribution in [-0.2, 0) is 0 Å². The number of hydrogen-bond acceptors (Lipinski definition) is 5. The summed E-state index contributed by atoms with van der Waals surface area (Å²) in [4.78, 5) is 14.5. The Hall–Kier alpha value is -3.28. The number of anilines is 1. The lowest BCUT2D eigenvalue weighted by Gasteiger charge is -2.00. The maximum atomic E-state index is 10.7. The van der Waals surface area contributed by atoms with Crippen LogP contribution in [0.25, 0.3) is 10.9 Å². The van der Waals surface area contributed by atoms with Crippen molar-refractivity contribution in [1.29, 1.82) is 0 Å². The molecule has 0 atom stereocenters. The molecule has 0 aliphatic carbocycles. The molecule has 22 heavy (non-hydrogen) atoms. The molecule has 0 amide bonds. The van der Waals surface area contributed by atoms with Gasteiger partial charge in [0.15, 0.2) is 0 Å². The third-order valence-corrected chi connectivity index (χ3v) is 3.09. The zero-order chi connectivity index (χ0) is 15.4. The van der Waals surface area contributed by atoms with E-state index in [1.165, 1.54) is 12.1 Å². The Morgan fingerprint density at radius 2 is 2.05 bits per heavy atom. The van der Waals surface area contributed by atoms with Crippen molar-refractivity contribution >= 4 is 28.5 Å². The van der Waals surface area contributed by atoms with Gasteiger partial charge in [-0.3, -0.25) is 20.5 Å². The van der Waals surface area contributed by atoms with Crippen molar-refractivity contribution in [3.05, 3.63) is 76.5 Å². The lowest BCUT2D eigenvalue weighted by atomic mass is 10.1. The minimum absolute atomic E-state index is 0.0250. The molecule has 0 aliphatic heterocycles. The number of hydrogen-bond donors (Lipinski definition) is 1. The summed E-state index contributed by atoms with van der Waals surface area (Å²) in [6.45, 7) is 0. The van der Waals surface area contributed by atoms with Crippen molar-refractivity contribution in [3.8, 4) is 0 Å². The van der Waals surface area contributed by atoms with Crippen LogP contribution >= 0.6 is 0 Å². The van der Waals surface area contributed by atoms with E-state index in [2.05, 4.69) is 15.5 Å². The number of aromatic nitrogens is 1. The predicted octanol–water partition coefficient (Wildman–Crippen LogP) is 3.59. The molecule has 0 bridgehead atoms. The summed E-state index contributed by atoms with van der Waals surface area (Å²) in [6, 6.07) is 15.9. The first-order valence-electron chi connectivity index (χ1n) is 6.61. The highest BCUT2D eigenvalue weighted by molar-refractivity contribution is 5.88. The molecule has 3 aromatic rings. The number of non-ortho nitro benzene ring substituents is 1. The molecule has 0 fully saturated rings. The molecule has 0 saturated carbocycles. The van der Waals surface area contributed by atoms with Crippen LogP contribution < -0.4 is 5.43 Å². The van der Waals surface area contributed by atoms with Gasteiger partial charge >= 0.3 is 0 Å². The van der Waals surface area contributed by atoms with Gasteiger partial charge in [0.1, 0.15) is 0 Å². The monoisotopic (exact) mass is 292 g/mol. The topological polar surface area (TPSA) is 80.4 Å². The number of fused-ring (bicyclic) bond motifs is 1. The van der Waals surface area contributed by atoms with E-state index in [0.717, 1.165) is 16.5 Å². The van der Waals surface area contributed by atoms with E-state index in [4.69, 9.17) is 0 Å². The van der Waals surface area contributed by atoms with E-state index < -0.39 is 4.92 Å². The fourth-order valence-electron chi connectivity index (χ4n) is 2.04. The van der Waals surface area contributed by atoms with Crippen LogP contribution in [0.5, 0.6) is 0 Å². The third kappa shape index (κ3) is 3.06. The smallest absolute Gasteiger partial charge is 0.271 e. The lowest BCUT2D eigenvalue weighted by molar-refractivity contribution is -0.384. The second kappa shape index (κ2) is 6.01. The van der Waals surface area contributed by atoms with Gasteiger partial charge in [0, 0.05) is 23.7 Å². The Morgan fingerprint density at radius 1 is 1.14 bits per heavy atom. The normalized spacial score (nSPS) is 10.9. The first-order chi connectivity index (χ1) is 10.7. The van der Waals surface area contributed by atoms with E-state index in [-0.39, 0.29) is 5.69 Å². The number of nitrogens with one attached hydrogen (secondary N) is 1. The molecule has 0 saturated heterocycles. The summed E-state index contributed by atoms with van der Waals surface area (Å²) in [5.74, 6) is 0. The molecule has 6 nitrogen and oxygen atoms in total. The summed E-state index contributed by atoms with van der Waals surface area (Å²) < 4.78 is 0. The van der Waals surface area contributed by atoms with E-state index in [1.807, 2.05) is 30.3 Å². The van der Waals surface area contributed by atoms with E-state index in [9.17, 15) is 10.1 Å². The van der Waals surface area contributed by atoms with Gasteiger partial charge in [-0.05, 0) is 29.8 Å². The number of pyridine rings is 1. The standard InChI is InChI=1S/C16H12N4O2/c21-20(22)15-5-1-4-14(10-15)19-18-11-12-6-7-16-13(9-12)3-2-8-17-16/h1-11,19H. The largest absolute Gasteiger partial charge is 0.278 e. The third-order valence-electron chi connectivity index (χ3n) is 3.09. The number of benzene rings is 2. The zero-order valence-electron chi connectivity index (χ0n) is 11.5. The molecule has 0 radical (unpaired) electrons. The van der Waals surface area contributed by atoms with Crippen molar-refractivity contribution in [2.75, 3.05) is 5.43 Å². The van der Waals surface area contributed by atoms with Crippen molar-refractivity contribution in [2.45, 2.75) is 0 Å². The van der Waals surface area contributed by atoms with Gasteiger partial charge in [0.25, 0.3) is 5.69 Å². The number of hydrazone groups is 1. The van der Waals surface area contributed by atoms with Gasteiger partial charge in [-0.2, -0.15) is 5.10 Å². The summed E-state index contributed by atoms with van der Waals surface area (Å²) in [5, 5.41) is 15.8. The molecule has 1 heterocycles. The molecule has 3 rings (SSSR count). The van der Waals surface area contributed by atoms with Crippen molar-refractivity contribution in [2.24, 2.45) is 5.10 Å². The SMILES string of the molecule is O=[N+]([O-])c1cccc(NN=Cc2ccc3ncccc3c2)c1. The molecule has 2 aromatic carbocycles. The van der Waals surface area contributed by atoms with Gasteiger partial charge in [0.05, 0.1) is 22.3 Å². The van der Waals surface area contributed by atoms with E-state index in [1.54, 1.807) is 24.5 Å². The van der Waals surface area contributed by atoms with Gasteiger partial charge in [0.2, 0.25) is 0 Å². The summed E-state index contributed by atoms with van der Waals surface area (Å²) in [7, 11) is 0. The highest BCUT2D eigenvalue weighted by Crippen LogP contribution is 2.17. The van der Waals surface area contributed by atoms with Crippen molar-refractivity contribution in [1.82, 2.24) is 4.98 Å². The molecular formula is C16H12N4O2. The van der Waals surface area contributed by atoms with E-state index >= 15 is 0 Å². The molecular weight excluding hydrogens is 280 g/mol. The van der Waals surface area contributed by atoms with Gasteiger partial charge in [-0.1, -0.05) is 18.2 Å². The molecule has 6 heteroatoms. The highest BCUT2D eigenvalue weighted by Gasteiger charge is 2.04. The second-order valence-electron chi connectivity index (χ2n) is 4.63. The number of nitro benzene ring substituents is 1. The molecule has 0 unspecified atom stereocenters. The average molecular weight is 292 g/mol. The first kappa shape index (κ1) is 13.7. The summed E-state index contributed by atoms with van der Waals surface area (Å²) in [5.41, 5.74) is 5.21. The Morgan fingerprint density at radius 3 is 2.91 bits per heavy atom. The molecule has 1 N–H and O–H groups in total. The van der Waals surface area contributed by atoms with Crippen molar-refractivity contribution < 1.29 is 4.92 Å². The van der Waals surface area contributed by atoms with Crippen LogP contribution in [0.3, 0.4) is 0 Å².